The molecule has 1 aromatic rings. The molecule has 0 saturated carbocycles. The number of aryl methyl sites for hydroxylation is 1. The summed E-state index contributed by atoms with van der Waals surface area (Å²) in [6.07, 6.45) is -2.74. The Hall–Kier alpha value is -1.59. The van der Waals surface area contributed by atoms with Gasteiger partial charge in [-0.05, 0) is 31.0 Å². The van der Waals surface area contributed by atoms with Gasteiger partial charge in [-0.1, -0.05) is 6.92 Å². The molecule has 0 bridgehead atoms. The molecule has 0 aliphatic heterocycles. The number of benzene rings is 1. The highest BCUT2D eigenvalue weighted by molar-refractivity contribution is 5.94. The van der Waals surface area contributed by atoms with Gasteiger partial charge >= 0.3 is 6.61 Å². The molecule has 0 radical (unpaired) electrons. The molecule has 0 amide bonds. The van der Waals surface area contributed by atoms with Crippen molar-refractivity contribution >= 4 is 5.78 Å². The summed E-state index contributed by atoms with van der Waals surface area (Å²) in [5.74, 6) is -1.03. The number of hydrogen-bond donors (Lipinski definition) is 0. The average molecular weight is 264 g/mol. The Balaban J connectivity index is 3.41. The van der Waals surface area contributed by atoms with Crippen molar-refractivity contribution < 1.29 is 27.1 Å². The second-order valence-electron chi connectivity index (χ2n) is 3.64. The molecule has 0 atom stereocenters. The van der Waals surface area contributed by atoms with Gasteiger partial charge in [0.05, 0.1) is 5.56 Å². The van der Waals surface area contributed by atoms with Gasteiger partial charge in [-0.25, -0.2) is 8.78 Å². The van der Waals surface area contributed by atoms with E-state index in [-0.39, 0.29) is 17.5 Å². The van der Waals surface area contributed by atoms with Gasteiger partial charge in [0.1, 0.15) is 5.75 Å². The van der Waals surface area contributed by atoms with Gasteiger partial charge in [0.2, 0.25) is 0 Å². The lowest BCUT2D eigenvalue weighted by Gasteiger charge is -2.15. The van der Waals surface area contributed by atoms with E-state index < -0.39 is 30.1 Å². The van der Waals surface area contributed by atoms with Crippen molar-refractivity contribution in [3.8, 4) is 5.75 Å². The maximum Gasteiger partial charge on any atom is 0.387 e. The predicted octanol–water partition coefficient (Wildman–Crippen LogP) is 3.99. The van der Waals surface area contributed by atoms with Crippen LogP contribution in [0.5, 0.6) is 5.75 Å². The number of halogens is 4. The Labute approximate surface area is 102 Å². The third kappa shape index (κ3) is 3.21. The van der Waals surface area contributed by atoms with Gasteiger partial charge in [-0.15, -0.1) is 0 Å². The van der Waals surface area contributed by atoms with E-state index in [0.29, 0.717) is 0 Å². The third-order valence-electron chi connectivity index (χ3n) is 2.45. The highest BCUT2D eigenvalue weighted by Crippen LogP contribution is 2.35. The van der Waals surface area contributed by atoms with Gasteiger partial charge in [-0.2, -0.15) is 8.78 Å². The molecular formula is C12H12F4O2. The fourth-order valence-electron chi connectivity index (χ4n) is 1.62. The van der Waals surface area contributed by atoms with Crippen molar-refractivity contribution in [3.63, 3.8) is 0 Å². The van der Waals surface area contributed by atoms with Crippen LogP contribution >= 0.6 is 0 Å². The van der Waals surface area contributed by atoms with Crippen LogP contribution in [-0.2, 0) is 6.42 Å². The minimum atomic E-state index is -3.21. The van der Waals surface area contributed by atoms with Crippen LogP contribution in [-0.4, -0.2) is 12.4 Å². The lowest BCUT2D eigenvalue weighted by molar-refractivity contribution is -0.0520. The lowest BCUT2D eigenvalue weighted by atomic mass is 9.99. The van der Waals surface area contributed by atoms with Gasteiger partial charge in [-0.3, -0.25) is 4.79 Å². The van der Waals surface area contributed by atoms with Gasteiger partial charge in [0.15, 0.2) is 5.78 Å². The Morgan fingerprint density at radius 1 is 1.28 bits per heavy atom. The standard InChI is InChI=1S/C12H12F4O2/c1-3-7-4-8(6(2)17)5-9(18-12(15)16)10(7)11(13)14/h4-5,11-12H,3H2,1-2H3. The summed E-state index contributed by atoms with van der Waals surface area (Å²) in [5, 5.41) is 0. The van der Waals surface area contributed by atoms with Gasteiger partial charge < -0.3 is 4.74 Å². The molecule has 2 nitrogen and oxygen atoms in total. The van der Waals surface area contributed by atoms with E-state index in [1.54, 1.807) is 6.92 Å². The summed E-state index contributed by atoms with van der Waals surface area (Å²) in [5.41, 5.74) is -0.372. The van der Waals surface area contributed by atoms with Gasteiger partial charge in [0.25, 0.3) is 6.43 Å². The number of carbonyl (C=O) groups excluding carboxylic acids is 1. The summed E-state index contributed by atoms with van der Waals surface area (Å²) in [6, 6.07) is 2.21. The number of hydrogen-bond acceptors (Lipinski definition) is 2. The molecule has 1 aromatic carbocycles. The van der Waals surface area contributed by atoms with Crippen LogP contribution in [0.4, 0.5) is 17.6 Å². The summed E-state index contributed by atoms with van der Waals surface area (Å²) in [7, 11) is 0. The number of carbonyl (C=O) groups is 1. The maximum atomic E-state index is 12.8. The molecule has 1 rings (SSSR count). The predicted molar refractivity (Wildman–Crippen MR) is 57.4 cm³/mol. The first kappa shape index (κ1) is 14.5. The minimum Gasteiger partial charge on any atom is -0.434 e. The Bertz CT molecular complexity index is 444. The molecular weight excluding hydrogens is 252 g/mol. The lowest BCUT2D eigenvalue weighted by Crippen LogP contribution is -2.08. The molecule has 0 aliphatic carbocycles. The van der Waals surface area contributed by atoms with E-state index in [9.17, 15) is 22.4 Å². The third-order valence-corrected chi connectivity index (χ3v) is 2.45. The van der Waals surface area contributed by atoms with Crippen molar-refractivity contribution in [1.29, 1.82) is 0 Å². The quantitative estimate of drug-likeness (QED) is 0.593. The zero-order valence-corrected chi connectivity index (χ0v) is 9.84. The molecule has 0 unspecified atom stereocenters. The highest BCUT2D eigenvalue weighted by atomic mass is 19.3. The molecule has 0 N–H and O–H groups in total. The fourth-order valence-corrected chi connectivity index (χ4v) is 1.62. The molecule has 6 heteroatoms. The summed E-state index contributed by atoms with van der Waals surface area (Å²) >= 11 is 0. The first-order chi connectivity index (χ1) is 8.36. The van der Waals surface area contributed by atoms with Crippen LogP contribution in [0.1, 0.15) is 41.8 Å². The van der Waals surface area contributed by atoms with Crippen LogP contribution in [0, 0.1) is 0 Å². The summed E-state index contributed by atoms with van der Waals surface area (Å²) in [6.45, 7) is -0.394. The number of Topliss-reactive ketones (excluding diaryl/α,β-unsaturated/α-hetero) is 1. The highest BCUT2D eigenvalue weighted by Gasteiger charge is 2.22. The summed E-state index contributed by atoms with van der Waals surface area (Å²) in [4.78, 5) is 11.2. The van der Waals surface area contributed by atoms with Crippen molar-refractivity contribution in [2.45, 2.75) is 33.3 Å². The van der Waals surface area contributed by atoms with Crippen molar-refractivity contribution in [3.05, 3.63) is 28.8 Å². The molecule has 0 aromatic heterocycles. The molecule has 0 fully saturated rings. The summed E-state index contributed by atoms with van der Waals surface area (Å²) < 4.78 is 54.1. The Kier molecular flexibility index (Phi) is 4.69. The van der Waals surface area contributed by atoms with Gasteiger partial charge in [0, 0.05) is 5.56 Å². The molecule has 0 saturated heterocycles. The van der Waals surface area contributed by atoms with Crippen LogP contribution in [0.25, 0.3) is 0 Å². The molecule has 0 aliphatic rings. The molecule has 0 spiro atoms. The number of alkyl halides is 4. The zero-order valence-electron chi connectivity index (χ0n) is 9.84. The van der Waals surface area contributed by atoms with E-state index in [0.717, 1.165) is 6.07 Å². The fraction of sp³-hybridized carbons (Fsp3) is 0.417. The molecule has 100 valence electrons. The topological polar surface area (TPSA) is 26.3 Å². The number of ether oxygens (including phenoxy) is 1. The second kappa shape index (κ2) is 5.84. The van der Waals surface area contributed by atoms with Crippen LogP contribution in [0.3, 0.4) is 0 Å². The van der Waals surface area contributed by atoms with E-state index >= 15 is 0 Å². The van der Waals surface area contributed by atoms with E-state index in [2.05, 4.69) is 4.74 Å². The van der Waals surface area contributed by atoms with Crippen LogP contribution in [0.2, 0.25) is 0 Å². The second-order valence-corrected chi connectivity index (χ2v) is 3.64. The van der Waals surface area contributed by atoms with Crippen molar-refractivity contribution in [1.82, 2.24) is 0 Å². The van der Waals surface area contributed by atoms with E-state index in [1.165, 1.54) is 13.0 Å². The largest absolute Gasteiger partial charge is 0.434 e. The first-order valence-corrected chi connectivity index (χ1v) is 5.27. The monoisotopic (exact) mass is 264 g/mol. The maximum absolute atomic E-state index is 12.8. The van der Waals surface area contributed by atoms with Crippen molar-refractivity contribution in [2.24, 2.45) is 0 Å². The Morgan fingerprint density at radius 3 is 2.28 bits per heavy atom. The molecule has 0 heterocycles. The zero-order chi connectivity index (χ0) is 13.9. The SMILES string of the molecule is CCc1cc(C(C)=O)cc(OC(F)F)c1C(F)F. The minimum absolute atomic E-state index is 0.0758. The Morgan fingerprint density at radius 2 is 1.89 bits per heavy atom. The average Bonchev–Trinajstić information content (AvgIpc) is 2.26. The van der Waals surface area contributed by atoms with E-state index in [4.69, 9.17) is 0 Å². The first-order valence-electron chi connectivity index (χ1n) is 5.27. The number of rotatable bonds is 5. The van der Waals surface area contributed by atoms with Crippen LogP contribution < -0.4 is 4.74 Å². The normalized spacial score (nSPS) is 11.1. The van der Waals surface area contributed by atoms with E-state index in [1.807, 2.05) is 0 Å². The number of ketones is 1. The smallest absolute Gasteiger partial charge is 0.387 e. The van der Waals surface area contributed by atoms with Crippen LogP contribution in [0.15, 0.2) is 12.1 Å². The molecule has 18 heavy (non-hydrogen) atoms. The van der Waals surface area contributed by atoms with Crippen molar-refractivity contribution in [2.75, 3.05) is 0 Å².